The standard InChI is InChI=1S/C26H37N5O6/c1-37-26(36)30-12-10-29(11-13-30)21-14-22(23(32)28-20-8-6-19(7-9-20)25(34)35)31(16-21)24(33)18-4-2-17(15-27)3-5-18/h6-9,17-18,21-22H,2-5,10-16,27H2,1H3,(H,28,32)(H,34,35)/t17-,18-,21-,22?/m0/s1. The van der Waals surface area contributed by atoms with Crippen molar-refractivity contribution in [2.45, 2.75) is 44.2 Å². The molecular weight excluding hydrogens is 478 g/mol. The third kappa shape index (κ3) is 6.22. The molecule has 202 valence electrons. The van der Waals surface area contributed by atoms with Gasteiger partial charge in [-0.05, 0) is 68.8 Å². The first-order chi connectivity index (χ1) is 17.8. The summed E-state index contributed by atoms with van der Waals surface area (Å²) in [5.74, 6) is -0.947. The molecule has 1 aliphatic carbocycles. The molecule has 1 aromatic carbocycles. The summed E-state index contributed by atoms with van der Waals surface area (Å²) < 4.78 is 4.83. The summed E-state index contributed by atoms with van der Waals surface area (Å²) in [7, 11) is 1.37. The minimum atomic E-state index is -1.04. The second kappa shape index (κ2) is 11.9. The summed E-state index contributed by atoms with van der Waals surface area (Å²) in [6.07, 6.45) is 3.57. The average molecular weight is 516 g/mol. The van der Waals surface area contributed by atoms with Gasteiger partial charge in [0.2, 0.25) is 11.8 Å². The SMILES string of the molecule is COC(=O)N1CCN([C@H]2CC(C(=O)Nc3ccc(C(=O)O)cc3)N(C(=O)[C@H]3CC[C@H](CN)CC3)C2)CC1. The lowest BCUT2D eigenvalue weighted by molar-refractivity contribution is -0.141. The Morgan fingerprint density at radius 3 is 2.24 bits per heavy atom. The van der Waals surface area contributed by atoms with Gasteiger partial charge in [0.1, 0.15) is 6.04 Å². The van der Waals surface area contributed by atoms with Crippen LogP contribution >= 0.6 is 0 Å². The van der Waals surface area contributed by atoms with Crippen molar-refractivity contribution in [3.05, 3.63) is 29.8 Å². The largest absolute Gasteiger partial charge is 0.478 e. The van der Waals surface area contributed by atoms with Gasteiger partial charge in [-0.1, -0.05) is 0 Å². The fourth-order valence-corrected chi connectivity index (χ4v) is 5.77. The van der Waals surface area contributed by atoms with Crippen molar-refractivity contribution in [1.29, 1.82) is 0 Å². The van der Waals surface area contributed by atoms with Crippen LogP contribution in [0.5, 0.6) is 0 Å². The fourth-order valence-electron chi connectivity index (χ4n) is 5.77. The highest BCUT2D eigenvalue weighted by atomic mass is 16.5. The molecule has 2 saturated heterocycles. The van der Waals surface area contributed by atoms with E-state index in [1.54, 1.807) is 21.9 Å². The Morgan fingerprint density at radius 2 is 1.68 bits per heavy atom. The van der Waals surface area contributed by atoms with Crippen LogP contribution in [0.15, 0.2) is 24.3 Å². The van der Waals surface area contributed by atoms with Crippen molar-refractivity contribution in [3.63, 3.8) is 0 Å². The van der Waals surface area contributed by atoms with Crippen molar-refractivity contribution < 1.29 is 29.0 Å². The summed E-state index contributed by atoms with van der Waals surface area (Å²) in [6.45, 7) is 3.46. The van der Waals surface area contributed by atoms with Crippen LogP contribution in [0, 0.1) is 11.8 Å². The number of carbonyl (C=O) groups is 4. The van der Waals surface area contributed by atoms with Gasteiger partial charge in [-0.3, -0.25) is 14.5 Å². The molecule has 0 aromatic heterocycles. The molecule has 1 saturated carbocycles. The lowest BCUT2D eigenvalue weighted by Crippen LogP contribution is -2.52. The normalized spacial score (nSPS) is 26.5. The molecule has 3 fully saturated rings. The molecule has 1 unspecified atom stereocenters. The van der Waals surface area contributed by atoms with Crippen molar-refractivity contribution in [2.24, 2.45) is 17.6 Å². The van der Waals surface area contributed by atoms with E-state index in [4.69, 9.17) is 15.6 Å². The molecule has 4 N–H and O–H groups in total. The number of amides is 3. The van der Waals surface area contributed by atoms with Gasteiger partial charge in [-0.2, -0.15) is 0 Å². The Bertz CT molecular complexity index is 986. The highest BCUT2D eigenvalue weighted by molar-refractivity contribution is 5.98. The number of ether oxygens (including phenoxy) is 1. The van der Waals surface area contributed by atoms with E-state index in [2.05, 4.69) is 10.2 Å². The quantitative estimate of drug-likeness (QED) is 0.516. The average Bonchev–Trinajstić information content (AvgIpc) is 3.38. The third-order valence-electron chi connectivity index (χ3n) is 8.06. The maximum Gasteiger partial charge on any atom is 0.409 e. The van der Waals surface area contributed by atoms with Crippen LogP contribution in [-0.2, 0) is 14.3 Å². The number of hydrogen-bond acceptors (Lipinski definition) is 7. The van der Waals surface area contributed by atoms with Crippen LogP contribution < -0.4 is 11.1 Å². The van der Waals surface area contributed by atoms with Crippen molar-refractivity contribution in [3.8, 4) is 0 Å². The fraction of sp³-hybridized carbons (Fsp3) is 0.615. The van der Waals surface area contributed by atoms with Gasteiger partial charge >= 0.3 is 12.1 Å². The Hall–Kier alpha value is -3.18. The van der Waals surface area contributed by atoms with E-state index in [0.29, 0.717) is 57.3 Å². The monoisotopic (exact) mass is 515 g/mol. The number of nitrogens with one attached hydrogen (secondary N) is 1. The first-order valence-corrected chi connectivity index (χ1v) is 13.0. The molecule has 3 aliphatic rings. The maximum absolute atomic E-state index is 13.7. The first-order valence-electron chi connectivity index (χ1n) is 13.0. The summed E-state index contributed by atoms with van der Waals surface area (Å²) in [5.41, 5.74) is 6.45. The number of benzene rings is 1. The Labute approximate surface area is 216 Å². The highest BCUT2D eigenvalue weighted by Crippen LogP contribution is 2.33. The molecule has 2 atom stereocenters. The molecule has 4 rings (SSSR count). The van der Waals surface area contributed by atoms with Gasteiger partial charge < -0.3 is 30.7 Å². The van der Waals surface area contributed by atoms with E-state index in [9.17, 15) is 19.2 Å². The zero-order valence-corrected chi connectivity index (χ0v) is 21.3. The number of hydrogen-bond donors (Lipinski definition) is 3. The number of carbonyl (C=O) groups excluding carboxylic acids is 3. The van der Waals surface area contributed by atoms with E-state index in [1.807, 2.05) is 0 Å². The molecule has 0 bridgehead atoms. The number of nitrogens with two attached hydrogens (primary N) is 1. The minimum Gasteiger partial charge on any atom is -0.478 e. The van der Waals surface area contributed by atoms with Crippen LogP contribution in [-0.4, -0.2) is 102 Å². The topological polar surface area (TPSA) is 146 Å². The number of aromatic carboxylic acids is 1. The van der Waals surface area contributed by atoms with Crippen LogP contribution in [0.4, 0.5) is 10.5 Å². The van der Waals surface area contributed by atoms with Gasteiger partial charge in [-0.25, -0.2) is 9.59 Å². The van der Waals surface area contributed by atoms with E-state index < -0.39 is 12.0 Å². The zero-order chi connectivity index (χ0) is 26.5. The number of piperazine rings is 1. The number of likely N-dealkylation sites (tertiary alicyclic amines) is 1. The molecular formula is C26H37N5O6. The number of carboxylic acids is 1. The molecule has 11 heteroatoms. The molecule has 3 amide bonds. The lowest BCUT2D eigenvalue weighted by Gasteiger charge is -2.37. The maximum atomic E-state index is 13.7. The minimum absolute atomic E-state index is 0.00858. The summed E-state index contributed by atoms with van der Waals surface area (Å²) in [6, 6.07) is 5.38. The van der Waals surface area contributed by atoms with Crippen LogP contribution in [0.1, 0.15) is 42.5 Å². The van der Waals surface area contributed by atoms with E-state index in [1.165, 1.54) is 19.2 Å². The summed E-state index contributed by atoms with van der Waals surface area (Å²) in [4.78, 5) is 55.7. The zero-order valence-electron chi connectivity index (χ0n) is 21.3. The molecule has 0 spiro atoms. The summed E-state index contributed by atoms with van der Waals surface area (Å²) in [5, 5.41) is 12.0. The van der Waals surface area contributed by atoms with Gasteiger partial charge in [0, 0.05) is 50.4 Å². The predicted octanol–water partition coefficient (Wildman–Crippen LogP) is 1.44. The number of methoxy groups -OCH3 is 1. The number of anilines is 1. The molecule has 2 aliphatic heterocycles. The van der Waals surface area contributed by atoms with Crippen LogP contribution in [0.2, 0.25) is 0 Å². The van der Waals surface area contributed by atoms with Gasteiger partial charge in [-0.15, -0.1) is 0 Å². The van der Waals surface area contributed by atoms with E-state index >= 15 is 0 Å². The molecule has 0 radical (unpaired) electrons. The second-order valence-corrected chi connectivity index (χ2v) is 10.2. The predicted molar refractivity (Wildman–Crippen MR) is 136 cm³/mol. The van der Waals surface area contributed by atoms with Gasteiger partial charge in [0.15, 0.2) is 0 Å². The van der Waals surface area contributed by atoms with Gasteiger partial charge in [0.25, 0.3) is 0 Å². The van der Waals surface area contributed by atoms with Crippen molar-refractivity contribution in [1.82, 2.24) is 14.7 Å². The van der Waals surface area contributed by atoms with Gasteiger partial charge in [0.05, 0.1) is 12.7 Å². The first kappa shape index (κ1) is 26.9. The summed E-state index contributed by atoms with van der Waals surface area (Å²) >= 11 is 0. The van der Waals surface area contributed by atoms with E-state index in [-0.39, 0.29) is 35.4 Å². The second-order valence-electron chi connectivity index (χ2n) is 10.2. The number of nitrogens with zero attached hydrogens (tertiary/aromatic N) is 3. The van der Waals surface area contributed by atoms with Crippen molar-refractivity contribution >= 4 is 29.6 Å². The van der Waals surface area contributed by atoms with Crippen LogP contribution in [0.25, 0.3) is 0 Å². The molecule has 1 aromatic rings. The molecule has 37 heavy (non-hydrogen) atoms. The Kier molecular flexibility index (Phi) is 8.65. The number of carboxylic acid groups (broad SMARTS) is 1. The van der Waals surface area contributed by atoms with Crippen LogP contribution in [0.3, 0.4) is 0 Å². The molecule has 11 nitrogen and oxygen atoms in total. The smallest absolute Gasteiger partial charge is 0.409 e. The molecule has 2 heterocycles. The van der Waals surface area contributed by atoms with Crippen molar-refractivity contribution in [2.75, 3.05) is 51.7 Å². The van der Waals surface area contributed by atoms with E-state index in [0.717, 1.165) is 25.7 Å². The lowest BCUT2D eigenvalue weighted by atomic mass is 9.81. The Balaban J connectivity index is 1.46. The Morgan fingerprint density at radius 1 is 1.03 bits per heavy atom. The number of rotatable bonds is 6. The highest BCUT2D eigenvalue weighted by Gasteiger charge is 2.44. The third-order valence-corrected chi connectivity index (χ3v) is 8.06.